The minimum absolute atomic E-state index is 0.340. The molecule has 1 radical (unpaired) electrons. The van der Waals surface area contributed by atoms with Crippen LogP contribution >= 0.6 is 0 Å². The van der Waals surface area contributed by atoms with E-state index in [-0.39, 0.29) is 8.80 Å². The lowest BCUT2D eigenvalue weighted by molar-refractivity contribution is 1.20. The van der Waals surface area contributed by atoms with Crippen molar-refractivity contribution in [3.8, 4) is 0 Å². The van der Waals surface area contributed by atoms with E-state index in [0.717, 1.165) is 0 Å². The molecule has 1 atom stereocenters. The molecule has 0 saturated heterocycles. The summed E-state index contributed by atoms with van der Waals surface area (Å²) in [5.74, 6) is 0. The van der Waals surface area contributed by atoms with Crippen LogP contribution in [0.25, 0.3) is 5.57 Å². The zero-order chi connectivity index (χ0) is 12.5. The largest absolute Gasteiger partial charge is 0.0715 e. The molecule has 0 spiro atoms. The highest BCUT2D eigenvalue weighted by atomic mass is 28.3. The standard InChI is InChI=1S/C17H17Si/c1-18(2)17-12-16(13-8-4-3-5-9-13)14-10-6-7-11-15(14)17/h3-12,17H,1-2H3. The summed E-state index contributed by atoms with van der Waals surface area (Å²) < 4.78 is 0. The van der Waals surface area contributed by atoms with E-state index in [1.807, 2.05) is 0 Å². The van der Waals surface area contributed by atoms with Crippen LogP contribution in [-0.4, -0.2) is 8.80 Å². The maximum atomic E-state index is 2.48. The summed E-state index contributed by atoms with van der Waals surface area (Å²) in [4.78, 5) is 0. The SMILES string of the molecule is C[Si](C)C1C=C(c2ccccc2)c2ccccc21. The Kier molecular flexibility index (Phi) is 2.92. The maximum absolute atomic E-state index is 2.48. The maximum Gasteiger partial charge on any atom is 0.0548 e. The zero-order valence-corrected chi connectivity index (χ0v) is 11.9. The molecule has 0 heterocycles. The smallest absolute Gasteiger partial charge is 0.0548 e. The van der Waals surface area contributed by atoms with E-state index in [1.54, 1.807) is 0 Å². The molecule has 89 valence electrons. The summed E-state index contributed by atoms with van der Waals surface area (Å²) in [6, 6.07) is 19.6. The van der Waals surface area contributed by atoms with Gasteiger partial charge < -0.3 is 0 Å². The monoisotopic (exact) mass is 249 g/mol. The first kappa shape index (κ1) is 11.5. The summed E-state index contributed by atoms with van der Waals surface area (Å²) in [6.07, 6.45) is 2.48. The van der Waals surface area contributed by atoms with E-state index in [0.29, 0.717) is 5.54 Å². The van der Waals surface area contributed by atoms with Crippen LogP contribution in [-0.2, 0) is 0 Å². The van der Waals surface area contributed by atoms with Gasteiger partial charge in [0, 0.05) is 0 Å². The third kappa shape index (κ3) is 1.85. The molecule has 1 aliphatic rings. The number of hydrogen-bond acceptors (Lipinski definition) is 0. The van der Waals surface area contributed by atoms with E-state index in [4.69, 9.17) is 0 Å². The first-order chi connectivity index (χ1) is 8.77. The van der Waals surface area contributed by atoms with E-state index in [1.165, 1.54) is 22.3 Å². The Morgan fingerprint density at radius 3 is 2.22 bits per heavy atom. The second-order valence-electron chi connectivity index (χ2n) is 5.09. The molecular weight excluding hydrogens is 232 g/mol. The Morgan fingerprint density at radius 2 is 1.50 bits per heavy atom. The Morgan fingerprint density at radius 1 is 0.833 bits per heavy atom. The predicted octanol–water partition coefficient (Wildman–Crippen LogP) is 4.51. The molecule has 0 amide bonds. The molecule has 2 aromatic rings. The molecule has 1 heteroatoms. The normalized spacial score (nSPS) is 17.7. The number of allylic oxidation sites excluding steroid dienone is 1. The zero-order valence-electron chi connectivity index (χ0n) is 10.9. The average Bonchev–Trinajstić information content (AvgIpc) is 2.79. The van der Waals surface area contributed by atoms with E-state index < -0.39 is 0 Å². The van der Waals surface area contributed by atoms with Crippen molar-refractivity contribution in [2.75, 3.05) is 0 Å². The van der Waals surface area contributed by atoms with Crippen molar-refractivity contribution in [2.24, 2.45) is 0 Å². The molecule has 0 nitrogen and oxygen atoms in total. The lowest BCUT2D eigenvalue weighted by Gasteiger charge is -2.12. The number of rotatable bonds is 2. The van der Waals surface area contributed by atoms with Gasteiger partial charge in [-0.2, -0.15) is 0 Å². The quantitative estimate of drug-likeness (QED) is 0.687. The van der Waals surface area contributed by atoms with Crippen molar-refractivity contribution in [1.29, 1.82) is 0 Å². The highest BCUT2D eigenvalue weighted by Gasteiger charge is 2.26. The van der Waals surface area contributed by atoms with Crippen LogP contribution in [0.1, 0.15) is 22.2 Å². The second-order valence-corrected chi connectivity index (χ2v) is 7.87. The fourth-order valence-corrected chi connectivity index (χ4v) is 4.08. The number of hydrogen-bond donors (Lipinski definition) is 0. The Balaban J connectivity index is 2.14. The Labute approximate surface area is 111 Å². The lowest BCUT2D eigenvalue weighted by Crippen LogP contribution is -2.11. The van der Waals surface area contributed by atoms with Gasteiger partial charge in [0.1, 0.15) is 0 Å². The van der Waals surface area contributed by atoms with Crippen LogP contribution in [0.2, 0.25) is 13.1 Å². The van der Waals surface area contributed by atoms with Crippen molar-refractivity contribution in [3.05, 3.63) is 77.4 Å². The minimum Gasteiger partial charge on any atom is -0.0715 e. The van der Waals surface area contributed by atoms with Gasteiger partial charge in [-0.25, -0.2) is 0 Å². The van der Waals surface area contributed by atoms with Crippen molar-refractivity contribution >= 4 is 14.4 Å². The van der Waals surface area contributed by atoms with Crippen LogP contribution in [0.3, 0.4) is 0 Å². The lowest BCUT2D eigenvalue weighted by atomic mass is 9.99. The molecule has 0 saturated carbocycles. The van der Waals surface area contributed by atoms with Crippen molar-refractivity contribution in [3.63, 3.8) is 0 Å². The average molecular weight is 249 g/mol. The summed E-state index contributed by atoms with van der Waals surface area (Å²) in [6.45, 7) is 4.80. The molecule has 1 aliphatic carbocycles. The first-order valence-corrected chi connectivity index (χ1v) is 9.01. The molecule has 18 heavy (non-hydrogen) atoms. The second kappa shape index (κ2) is 4.58. The van der Waals surface area contributed by atoms with Gasteiger partial charge in [0.25, 0.3) is 0 Å². The Bertz CT molecular complexity index is 582. The molecule has 0 bridgehead atoms. The summed E-state index contributed by atoms with van der Waals surface area (Å²) >= 11 is 0. The van der Waals surface area contributed by atoms with Gasteiger partial charge in [0.05, 0.1) is 8.80 Å². The summed E-state index contributed by atoms with van der Waals surface area (Å²) in [5.41, 5.74) is 6.37. The van der Waals surface area contributed by atoms with Crippen molar-refractivity contribution in [2.45, 2.75) is 18.6 Å². The fraction of sp³-hybridized carbons (Fsp3) is 0.176. The van der Waals surface area contributed by atoms with Gasteiger partial charge in [-0.05, 0) is 27.8 Å². The third-order valence-electron chi connectivity index (χ3n) is 3.63. The van der Waals surface area contributed by atoms with Crippen molar-refractivity contribution in [1.82, 2.24) is 0 Å². The molecule has 0 aromatic heterocycles. The van der Waals surface area contributed by atoms with Crippen molar-refractivity contribution < 1.29 is 0 Å². The predicted molar refractivity (Wildman–Crippen MR) is 80.2 cm³/mol. The van der Waals surface area contributed by atoms with Crippen LogP contribution in [0.5, 0.6) is 0 Å². The molecule has 3 rings (SSSR count). The third-order valence-corrected chi connectivity index (χ3v) is 5.35. The van der Waals surface area contributed by atoms with Crippen LogP contribution in [0.4, 0.5) is 0 Å². The number of benzene rings is 2. The van der Waals surface area contributed by atoms with Crippen LogP contribution < -0.4 is 0 Å². The summed E-state index contributed by atoms with van der Waals surface area (Å²) in [5, 5.41) is 0. The van der Waals surface area contributed by atoms with Gasteiger partial charge in [0.15, 0.2) is 0 Å². The number of fused-ring (bicyclic) bond motifs is 1. The van der Waals surface area contributed by atoms with Gasteiger partial charge >= 0.3 is 0 Å². The molecular formula is C17H17Si. The van der Waals surface area contributed by atoms with Crippen LogP contribution in [0.15, 0.2) is 60.7 Å². The topological polar surface area (TPSA) is 0 Å². The van der Waals surface area contributed by atoms with E-state index >= 15 is 0 Å². The minimum atomic E-state index is -0.340. The van der Waals surface area contributed by atoms with Crippen LogP contribution in [0, 0.1) is 0 Å². The van der Waals surface area contributed by atoms with E-state index in [2.05, 4.69) is 73.8 Å². The summed E-state index contributed by atoms with van der Waals surface area (Å²) in [7, 11) is -0.340. The molecule has 0 aliphatic heterocycles. The fourth-order valence-electron chi connectivity index (χ4n) is 2.71. The molecule has 0 fully saturated rings. The van der Waals surface area contributed by atoms with Gasteiger partial charge in [-0.3, -0.25) is 0 Å². The Hall–Kier alpha value is -1.60. The van der Waals surface area contributed by atoms with Gasteiger partial charge in [-0.1, -0.05) is 73.8 Å². The highest BCUT2D eigenvalue weighted by molar-refractivity contribution is 6.58. The molecule has 0 N–H and O–H groups in total. The molecule has 2 aromatic carbocycles. The highest BCUT2D eigenvalue weighted by Crippen LogP contribution is 2.40. The van der Waals surface area contributed by atoms with Gasteiger partial charge in [-0.15, -0.1) is 0 Å². The first-order valence-electron chi connectivity index (χ1n) is 6.44. The van der Waals surface area contributed by atoms with Gasteiger partial charge in [0.2, 0.25) is 0 Å². The molecule has 1 unspecified atom stereocenters. The van der Waals surface area contributed by atoms with E-state index in [9.17, 15) is 0 Å².